The van der Waals surface area contributed by atoms with Crippen LogP contribution in [0.15, 0.2) is 30.3 Å². The van der Waals surface area contributed by atoms with Crippen molar-refractivity contribution in [2.24, 2.45) is 0 Å². The van der Waals surface area contributed by atoms with Gasteiger partial charge in [0.2, 0.25) is 0 Å². The number of alkyl halides is 3. The number of rotatable bonds is 3. The molecular formula is C12H16F3NOS. The minimum Gasteiger partial charge on any atom is -0.242 e. The number of benzene rings is 1. The van der Waals surface area contributed by atoms with Gasteiger partial charge in [-0.3, -0.25) is 0 Å². The first-order chi connectivity index (χ1) is 8.12. The van der Waals surface area contributed by atoms with Crippen LogP contribution in [-0.2, 0) is 11.0 Å². The summed E-state index contributed by atoms with van der Waals surface area (Å²) in [6, 6.07) is 5.50. The first kappa shape index (κ1) is 15.2. The summed E-state index contributed by atoms with van der Waals surface area (Å²) in [4.78, 5) is 0. The molecule has 0 aliphatic heterocycles. The van der Waals surface area contributed by atoms with Gasteiger partial charge in [-0.25, -0.2) is 8.93 Å². The standard InChI is InChI=1S/C12H16F3NOS/c1-11(2,3)18(17)16-10(12(13,14)15)9-7-5-4-6-8-9/h4-8,10,16H,1-3H3/t10-,18?/m0/s1. The Morgan fingerprint density at radius 1 is 1.11 bits per heavy atom. The highest BCUT2D eigenvalue weighted by atomic mass is 32.2. The summed E-state index contributed by atoms with van der Waals surface area (Å²) < 4.78 is 52.1. The molecule has 1 aromatic rings. The number of halogens is 3. The van der Waals surface area contributed by atoms with Crippen LogP contribution in [0.3, 0.4) is 0 Å². The Hall–Kier alpha value is -0.880. The molecule has 1 rings (SSSR count). The molecule has 102 valence electrons. The average Bonchev–Trinajstić information content (AvgIpc) is 2.23. The normalized spacial score (nSPS) is 16.3. The molecule has 6 heteroatoms. The van der Waals surface area contributed by atoms with Crippen molar-refractivity contribution in [3.05, 3.63) is 35.9 Å². The maximum Gasteiger partial charge on any atom is 0.408 e. The lowest BCUT2D eigenvalue weighted by Crippen LogP contribution is -2.41. The van der Waals surface area contributed by atoms with Crippen molar-refractivity contribution >= 4 is 11.0 Å². The van der Waals surface area contributed by atoms with Crippen molar-refractivity contribution in [3.63, 3.8) is 0 Å². The minimum atomic E-state index is -4.48. The van der Waals surface area contributed by atoms with Crippen LogP contribution in [-0.4, -0.2) is 15.1 Å². The van der Waals surface area contributed by atoms with E-state index in [0.29, 0.717) is 0 Å². The van der Waals surface area contributed by atoms with E-state index in [1.807, 2.05) is 0 Å². The Morgan fingerprint density at radius 3 is 2.00 bits per heavy atom. The van der Waals surface area contributed by atoms with Gasteiger partial charge in [-0.2, -0.15) is 13.2 Å². The van der Waals surface area contributed by atoms with Crippen LogP contribution in [0, 0.1) is 0 Å². The van der Waals surface area contributed by atoms with Gasteiger partial charge in [-0.15, -0.1) is 0 Å². The van der Waals surface area contributed by atoms with Crippen molar-refractivity contribution < 1.29 is 17.4 Å². The topological polar surface area (TPSA) is 29.1 Å². The molecule has 0 saturated heterocycles. The molecule has 0 aliphatic carbocycles. The molecule has 1 N–H and O–H groups in total. The molecule has 0 heterocycles. The second kappa shape index (κ2) is 5.40. The van der Waals surface area contributed by atoms with Gasteiger partial charge in [-0.1, -0.05) is 30.3 Å². The predicted octanol–water partition coefficient (Wildman–Crippen LogP) is 3.34. The van der Waals surface area contributed by atoms with E-state index in [1.165, 1.54) is 24.3 Å². The molecule has 1 aromatic carbocycles. The molecule has 0 aliphatic rings. The SMILES string of the molecule is CC(C)(C)S(=O)N[C@@H](c1ccccc1)C(F)(F)F. The van der Waals surface area contributed by atoms with Gasteiger partial charge >= 0.3 is 6.18 Å². The predicted molar refractivity (Wildman–Crippen MR) is 66.3 cm³/mol. The van der Waals surface area contributed by atoms with Crippen molar-refractivity contribution in [3.8, 4) is 0 Å². The highest BCUT2D eigenvalue weighted by Crippen LogP contribution is 2.33. The number of hydrogen-bond donors (Lipinski definition) is 1. The Bertz CT molecular complexity index is 412. The summed E-state index contributed by atoms with van der Waals surface area (Å²) in [7, 11) is -1.78. The average molecular weight is 279 g/mol. The van der Waals surface area contributed by atoms with Gasteiger partial charge in [-0.05, 0) is 26.3 Å². The zero-order chi connectivity index (χ0) is 14.0. The van der Waals surface area contributed by atoms with Crippen molar-refractivity contribution in [1.82, 2.24) is 4.72 Å². The van der Waals surface area contributed by atoms with Crippen LogP contribution in [0.4, 0.5) is 13.2 Å². The molecule has 1 unspecified atom stereocenters. The summed E-state index contributed by atoms with van der Waals surface area (Å²) in [6.07, 6.45) is -4.48. The molecule has 0 aromatic heterocycles. The van der Waals surface area contributed by atoms with E-state index < -0.39 is 28.0 Å². The maximum atomic E-state index is 13.0. The Morgan fingerprint density at radius 2 is 1.61 bits per heavy atom. The van der Waals surface area contributed by atoms with Gasteiger partial charge in [0.25, 0.3) is 0 Å². The van der Waals surface area contributed by atoms with E-state index in [0.717, 1.165) is 0 Å². The number of nitrogens with one attached hydrogen (secondary N) is 1. The molecule has 0 bridgehead atoms. The fourth-order valence-corrected chi connectivity index (χ4v) is 2.09. The zero-order valence-electron chi connectivity index (χ0n) is 10.4. The molecular weight excluding hydrogens is 263 g/mol. The Balaban J connectivity index is 2.99. The molecule has 2 atom stereocenters. The van der Waals surface area contributed by atoms with E-state index in [1.54, 1.807) is 26.8 Å². The molecule has 0 saturated carbocycles. The third-order valence-electron chi connectivity index (χ3n) is 2.24. The smallest absolute Gasteiger partial charge is 0.242 e. The van der Waals surface area contributed by atoms with Crippen LogP contribution < -0.4 is 4.72 Å². The van der Waals surface area contributed by atoms with E-state index >= 15 is 0 Å². The van der Waals surface area contributed by atoms with E-state index in [2.05, 4.69) is 4.72 Å². The summed E-state index contributed by atoms with van der Waals surface area (Å²) >= 11 is 0. The van der Waals surface area contributed by atoms with Crippen molar-refractivity contribution in [2.45, 2.75) is 37.7 Å². The zero-order valence-corrected chi connectivity index (χ0v) is 11.2. The monoisotopic (exact) mass is 279 g/mol. The minimum absolute atomic E-state index is 0.0580. The fraction of sp³-hybridized carbons (Fsp3) is 0.500. The van der Waals surface area contributed by atoms with Gasteiger partial charge < -0.3 is 0 Å². The van der Waals surface area contributed by atoms with Gasteiger partial charge in [0.15, 0.2) is 0 Å². The van der Waals surface area contributed by atoms with Crippen molar-refractivity contribution in [2.75, 3.05) is 0 Å². The second-order valence-electron chi connectivity index (χ2n) is 4.88. The van der Waals surface area contributed by atoms with Crippen LogP contribution in [0.25, 0.3) is 0 Å². The van der Waals surface area contributed by atoms with Gasteiger partial charge in [0, 0.05) is 0 Å². The van der Waals surface area contributed by atoms with Crippen LogP contribution in [0.5, 0.6) is 0 Å². The lowest BCUT2D eigenvalue weighted by atomic mass is 10.1. The third kappa shape index (κ3) is 4.10. The first-order valence-corrected chi connectivity index (χ1v) is 6.57. The molecule has 0 spiro atoms. The number of hydrogen-bond acceptors (Lipinski definition) is 1. The first-order valence-electron chi connectivity index (χ1n) is 5.42. The lowest BCUT2D eigenvalue weighted by Gasteiger charge is -2.26. The van der Waals surface area contributed by atoms with Crippen molar-refractivity contribution in [1.29, 1.82) is 0 Å². The molecule has 18 heavy (non-hydrogen) atoms. The van der Waals surface area contributed by atoms with Crippen LogP contribution in [0.2, 0.25) is 0 Å². The second-order valence-corrected chi connectivity index (χ2v) is 6.88. The third-order valence-corrected chi connectivity index (χ3v) is 3.80. The highest BCUT2D eigenvalue weighted by molar-refractivity contribution is 7.84. The highest BCUT2D eigenvalue weighted by Gasteiger charge is 2.42. The van der Waals surface area contributed by atoms with Crippen LogP contribution >= 0.6 is 0 Å². The largest absolute Gasteiger partial charge is 0.408 e. The fourth-order valence-electron chi connectivity index (χ4n) is 1.25. The summed E-state index contributed by atoms with van der Waals surface area (Å²) in [5, 5.41) is 0. The molecule has 0 fully saturated rings. The van der Waals surface area contributed by atoms with Crippen LogP contribution in [0.1, 0.15) is 32.4 Å². The quantitative estimate of drug-likeness (QED) is 0.903. The Kier molecular flexibility index (Phi) is 4.55. The van der Waals surface area contributed by atoms with Gasteiger partial charge in [0.1, 0.15) is 6.04 Å². The van der Waals surface area contributed by atoms with E-state index in [9.17, 15) is 17.4 Å². The maximum absolute atomic E-state index is 13.0. The molecule has 2 nitrogen and oxygen atoms in total. The van der Waals surface area contributed by atoms with Gasteiger partial charge in [0.05, 0.1) is 15.7 Å². The summed E-state index contributed by atoms with van der Waals surface area (Å²) in [5.41, 5.74) is 0.0580. The molecule has 0 amide bonds. The summed E-state index contributed by atoms with van der Waals surface area (Å²) in [6.45, 7) is 4.86. The Labute approximate surface area is 107 Å². The van der Waals surface area contributed by atoms with E-state index in [-0.39, 0.29) is 5.56 Å². The molecule has 0 radical (unpaired) electrons. The summed E-state index contributed by atoms with van der Waals surface area (Å²) in [5.74, 6) is 0. The lowest BCUT2D eigenvalue weighted by molar-refractivity contribution is -0.152. The van der Waals surface area contributed by atoms with E-state index in [4.69, 9.17) is 0 Å².